The van der Waals surface area contributed by atoms with Gasteiger partial charge in [-0.15, -0.1) is 0 Å². The number of carbonyl (C=O) groups excluding carboxylic acids is 1. The molecule has 0 unspecified atom stereocenters. The Morgan fingerprint density at radius 3 is 2.52 bits per heavy atom. The number of aromatic nitrogens is 2. The summed E-state index contributed by atoms with van der Waals surface area (Å²) in [5, 5.41) is 2.86. The molecule has 1 amide bonds. The van der Waals surface area contributed by atoms with Gasteiger partial charge in [0.2, 0.25) is 10.0 Å². The first-order valence-electron chi connectivity index (χ1n) is 8.32. The van der Waals surface area contributed by atoms with Crippen LogP contribution in [-0.4, -0.2) is 42.7 Å². The molecule has 7 nitrogen and oxygen atoms in total. The second-order valence-corrected chi connectivity index (χ2v) is 7.70. The van der Waals surface area contributed by atoms with Crippen LogP contribution < -0.4 is 9.62 Å². The normalized spacial score (nSPS) is 11.3. The molecule has 0 spiro atoms. The number of hydrogen-bond acceptors (Lipinski definition) is 4. The smallest absolute Gasteiger partial charge is 0.251 e. The maximum absolute atomic E-state index is 12.1. The minimum absolute atomic E-state index is 0.0417. The third-order valence-corrected chi connectivity index (χ3v) is 5.71. The number of hydrogen-bond donors (Lipinski definition) is 1. The van der Waals surface area contributed by atoms with Crippen molar-refractivity contribution in [3.8, 4) is 0 Å². The molecule has 136 valence electrons. The Morgan fingerprint density at radius 1 is 1.24 bits per heavy atom. The molecular formula is C17H24N4O3S. The van der Waals surface area contributed by atoms with Gasteiger partial charge in [0.05, 0.1) is 17.8 Å². The number of nitrogens with one attached hydrogen (secondary N) is 1. The molecule has 0 atom stereocenters. The summed E-state index contributed by atoms with van der Waals surface area (Å²) in [6.45, 7) is 5.11. The van der Waals surface area contributed by atoms with E-state index in [1.54, 1.807) is 50.6 Å². The van der Waals surface area contributed by atoms with Gasteiger partial charge in [0.25, 0.3) is 5.91 Å². The number of rotatable bonds is 9. The summed E-state index contributed by atoms with van der Waals surface area (Å²) in [4.78, 5) is 16.1. The summed E-state index contributed by atoms with van der Waals surface area (Å²) in [5.74, 6) is -0.126. The van der Waals surface area contributed by atoms with E-state index in [2.05, 4.69) is 10.3 Å². The lowest BCUT2D eigenvalue weighted by atomic mass is 10.2. The van der Waals surface area contributed by atoms with E-state index in [4.69, 9.17) is 0 Å². The highest BCUT2D eigenvalue weighted by molar-refractivity contribution is 7.92. The predicted molar refractivity (Wildman–Crippen MR) is 98.1 cm³/mol. The molecule has 1 N–H and O–H groups in total. The largest absolute Gasteiger partial charge is 0.352 e. The fourth-order valence-electron chi connectivity index (χ4n) is 2.46. The van der Waals surface area contributed by atoms with Crippen LogP contribution in [0.4, 0.5) is 5.69 Å². The van der Waals surface area contributed by atoms with Gasteiger partial charge in [0, 0.05) is 37.6 Å². The molecule has 25 heavy (non-hydrogen) atoms. The summed E-state index contributed by atoms with van der Waals surface area (Å²) < 4.78 is 27.4. The monoisotopic (exact) mass is 364 g/mol. The van der Waals surface area contributed by atoms with E-state index < -0.39 is 10.0 Å². The Labute approximate surface area is 148 Å². The van der Waals surface area contributed by atoms with Crippen LogP contribution >= 0.6 is 0 Å². The minimum atomic E-state index is -3.31. The van der Waals surface area contributed by atoms with E-state index >= 15 is 0 Å². The Balaban J connectivity index is 1.91. The van der Waals surface area contributed by atoms with Crippen LogP contribution in [0.25, 0.3) is 0 Å². The molecule has 1 aromatic carbocycles. The van der Waals surface area contributed by atoms with Crippen molar-refractivity contribution in [2.45, 2.75) is 26.8 Å². The van der Waals surface area contributed by atoms with Crippen molar-refractivity contribution >= 4 is 21.6 Å². The molecule has 0 aliphatic rings. The topological polar surface area (TPSA) is 84.3 Å². The molecule has 0 bridgehead atoms. The summed E-state index contributed by atoms with van der Waals surface area (Å²) in [6.07, 6.45) is 6.14. The van der Waals surface area contributed by atoms with Crippen molar-refractivity contribution < 1.29 is 13.2 Å². The van der Waals surface area contributed by atoms with Crippen LogP contribution in [0.15, 0.2) is 43.0 Å². The van der Waals surface area contributed by atoms with Gasteiger partial charge >= 0.3 is 0 Å². The number of amides is 1. The van der Waals surface area contributed by atoms with E-state index in [1.165, 1.54) is 4.31 Å². The SMILES string of the molecule is CCN(c1ccc(C(=O)NCCCn2ccnc2)cc1)S(=O)(=O)CC. The fourth-order valence-corrected chi connectivity index (χ4v) is 3.61. The van der Waals surface area contributed by atoms with Gasteiger partial charge in [-0.2, -0.15) is 0 Å². The second kappa shape index (κ2) is 8.66. The zero-order valence-electron chi connectivity index (χ0n) is 14.6. The van der Waals surface area contributed by atoms with Gasteiger partial charge in [-0.05, 0) is 44.5 Å². The van der Waals surface area contributed by atoms with Gasteiger partial charge < -0.3 is 9.88 Å². The minimum Gasteiger partial charge on any atom is -0.352 e. The quantitative estimate of drug-likeness (QED) is 0.689. The summed E-state index contributed by atoms with van der Waals surface area (Å²) in [6, 6.07) is 6.62. The Morgan fingerprint density at radius 2 is 1.96 bits per heavy atom. The molecule has 0 saturated carbocycles. The van der Waals surface area contributed by atoms with Gasteiger partial charge in [-0.1, -0.05) is 0 Å². The van der Waals surface area contributed by atoms with Crippen LogP contribution in [0.1, 0.15) is 30.6 Å². The highest BCUT2D eigenvalue weighted by atomic mass is 32.2. The van der Waals surface area contributed by atoms with Gasteiger partial charge in [-0.25, -0.2) is 13.4 Å². The third kappa shape index (κ3) is 5.06. The number of imidazole rings is 1. The van der Waals surface area contributed by atoms with Crippen molar-refractivity contribution in [1.29, 1.82) is 0 Å². The zero-order valence-corrected chi connectivity index (χ0v) is 15.4. The first kappa shape index (κ1) is 19.0. The average molecular weight is 364 g/mol. The van der Waals surface area contributed by atoms with Crippen LogP contribution in [0.3, 0.4) is 0 Å². The Bertz CT molecular complexity index is 771. The van der Waals surface area contributed by atoms with Crippen molar-refractivity contribution in [2.24, 2.45) is 0 Å². The maximum atomic E-state index is 12.1. The van der Waals surface area contributed by atoms with E-state index in [0.717, 1.165) is 13.0 Å². The van der Waals surface area contributed by atoms with Crippen molar-refractivity contribution in [3.05, 3.63) is 48.5 Å². The van der Waals surface area contributed by atoms with Crippen LogP contribution in [-0.2, 0) is 16.6 Å². The number of sulfonamides is 1. The zero-order chi connectivity index (χ0) is 18.3. The van der Waals surface area contributed by atoms with Crippen LogP contribution in [0.2, 0.25) is 0 Å². The van der Waals surface area contributed by atoms with E-state index in [9.17, 15) is 13.2 Å². The summed E-state index contributed by atoms with van der Waals surface area (Å²) >= 11 is 0. The third-order valence-electron chi connectivity index (χ3n) is 3.84. The lowest BCUT2D eigenvalue weighted by Gasteiger charge is -2.22. The van der Waals surface area contributed by atoms with E-state index in [-0.39, 0.29) is 11.7 Å². The van der Waals surface area contributed by atoms with Crippen molar-refractivity contribution in [1.82, 2.24) is 14.9 Å². The molecule has 0 aliphatic carbocycles. The number of carbonyl (C=O) groups is 1. The Kier molecular flexibility index (Phi) is 6.58. The van der Waals surface area contributed by atoms with Gasteiger partial charge in [-0.3, -0.25) is 9.10 Å². The highest BCUT2D eigenvalue weighted by Crippen LogP contribution is 2.19. The van der Waals surface area contributed by atoms with Gasteiger partial charge in [0.1, 0.15) is 0 Å². The van der Waals surface area contributed by atoms with Crippen molar-refractivity contribution in [3.63, 3.8) is 0 Å². The number of aryl methyl sites for hydroxylation is 1. The standard InChI is InChI=1S/C17H24N4O3S/c1-3-21(25(23,24)4-2)16-8-6-15(7-9-16)17(22)19-10-5-12-20-13-11-18-14-20/h6-9,11,13-14H,3-5,10,12H2,1-2H3,(H,19,22). The summed E-state index contributed by atoms with van der Waals surface area (Å²) in [5.41, 5.74) is 1.08. The average Bonchev–Trinajstić information content (AvgIpc) is 3.13. The summed E-state index contributed by atoms with van der Waals surface area (Å²) in [7, 11) is -3.31. The lowest BCUT2D eigenvalue weighted by Crippen LogP contribution is -2.32. The molecular weight excluding hydrogens is 340 g/mol. The van der Waals surface area contributed by atoms with Gasteiger partial charge in [0.15, 0.2) is 0 Å². The fraction of sp³-hybridized carbons (Fsp3) is 0.412. The van der Waals surface area contributed by atoms with Crippen LogP contribution in [0, 0.1) is 0 Å². The number of anilines is 1. The molecule has 1 aromatic heterocycles. The van der Waals surface area contributed by atoms with E-state index in [0.29, 0.717) is 24.3 Å². The van der Waals surface area contributed by atoms with Crippen LogP contribution in [0.5, 0.6) is 0 Å². The predicted octanol–water partition coefficient (Wildman–Crippen LogP) is 1.88. The molecule has 1 heterocycles. The maximum Gasteiger partial charge on any atom is 0.251 e. The highest BCUT2D eigenvalue weighted by Gasteiger charge is 2.18. The van der Waals surface area contributed by atoms with Crippen molar-refractivity contribution in [2.75, 3.05) is 23.1 Å². The molecule has 0 radical (unpaired) electrons. The Hall–Kier alpha value is -2.35. The lowest BCUT2D eigenvalue weighted by molar-refractivity contribution is 0.0952. The first-order chi connectivity index (χ1) is 12.0. The first-order valence-corrected chi connectivity index (χ1v) is 9.93. The number of nitrogens with zero attached hydrogens (tertiary/aromatic N) is 3. The molecule has 2 aromatic rings. The van der Waals surface area contributed by atoms with E-state index in [1.807, 2.05) is 10.8 Å². The molecule has 2 rings (SSSR count). The molecule has 0 saturated heterocycles. The number of benzene rings is 1. The molecule has 0 fully saturated rings. The second-order valence-electron chi connectivity index (χ2n) is 5.52. The molecule has 8 heteroatoms. The molecule has 0 aliphatic heterocycles.